The third-order valence-corrected chi connectivity index (χ3v) is 7.13. The number of ether oxygens (including phenoxy) is 4. The highest BCUT2D eigenvalue weighted by molar-refractivity contribution is 6.13. The van der Waals surface area contributed by atoms with Gasteiger partial charge in [-0.2, -0.15) is 0 Å². The predicted molar refractivity (Wildman–Crippen MR) is 142 cm³/mol. The van der Waals surface area contributed by atoms with Gasteiger partial charge in [0.2, 0.25) is 0 Å². The average Bonchev–Trinajstić information content (AvgIpc) is 2.92. The number of ketones is 1. The molecular formula is C30H33NO8. The zero-order chi connectivity index (χ0) is 28.3. The van der Waals surface area contributed by atoms with Gasteiger partial charge in [-0.15, -0.1) is 0 Å². The number of aromatic hydroxyl groups is 1. The van der Waals surface area contributed by atoms with E-state index in [1.807, 2.05) is 18.2 Å². The van der Waals surface area contributed by atoms with Gasteiger partial charge in [0.25, 0.3) is 0 Å². The molecule has 0 saturated heterocycles. The van der Waals surface area contributed by atoms with Crippen LogP contribution in [0.15, 0.2) is 65.0 Å². The topological polar surface area (TPSA) is 120 Å². The summed E-state index contributed by atoms with van der Waals surface area (Å²) < 4.78 is 21.6. The number of dihydropyridines is 1. The lowest BCUT2D eigenvalue weighted by molar-refractivity contribution is -0.152. The number of hydrogen-bond donors (Lipinski definition) is 2. The van der Waals surface area contributed by atoms with Crippen LogP contribution in [-0.2, 0) is 23.9 Å². The van der Waals surface area contributed by atoms with Gasteiger partial charge in [0.1, 0.15) is 11.7 Å². The number of carbonyl (C=O) groups is 3. The number of hydrogen-bond acceptors (Lipinski definition) is 9. The summed E-state index contributed by atoms with van der Waals surface area (Å²) in [7, 11) is 2.96. The molecule has 9 nitrogen and oxygen atoms in total. The van der Waals surface area contributed by atoms with Crippen LogP contribution >= 0.6 is 0 Å². The Balaban J connectivity index is 1.94. The average molecular weight is 536 g/mol. The number of Topliss-reactive ketones (excluding diaryl/α,β-unsaturated/α-hetero) is 1. The summed E-state index contributed by atoms with van der Waals surface area (Å²) in [5.41, 5.74) is 2.90. The Kier molecular flexibility index (Phi) is 8.28. The quantitative estimate of drug-likeness (QED) is 0.380. The molecule has 39 heavy (non-hydrogen) atoms. The van der Waals surface area contributed by atoms with Gasteiger partial charge in [-0.3, -0.25) is 9.59 Å². The van der Waals surface area contributed by atoms with E-state index >= 15 is 0 Å². The smallest absolute Gasteiger partial charge is 0.336 e. The Morgan fingerprint density at radius 3 is 2.36 bits per heavy atom. The fourth-order valence-corrected chi connectivity index (χ4v) is 5.49. The lowest BCUT2D eigenvalue weighted by Gasteiger charge is -2.39. The highest BCUT2D eigenvalue weighted by Gasteiger charge is 2.49. The Bertz CT molecular complexity index is 1360. The summed E-state index contributed by atoms with van der Waals surface area (Å²) in [6, 6.07) is 11.9. The molecule has 9 heteroatoms. The van der Waals surface area contributed by atoms with E-state index in [4.69, 9.17) is 18.9 Å². The number of phenolic OH excluding ortho intramolecular Hbond substituents is 1. The van der Waals surface area contributed by atoms with E-state index < -0.39 is 35.5 Å². The van der Waals surface area contributed by atoms with Crippen LogP contribution in [0.3, 0.4) is 0 Å². The SMILES string of the molecule is CCOC(=O)C1=C(C)NC2=C(C(=O)[C@H](C(=O)OCC)[C@H](c3ccccc3OC)C2)[C@@H]1c1ccc(O)c(OC)c1. The van der Waals surface area contributed by atoms with Crippen LogP contribution in [0, 0.1) is 5.92 Å². The molecule has 2 aromatic carbocycles. The third-order valence-electron chi connectivity index (χ3n) is 7.13. The monoisotopic (exact) mass is 535 g/mol. The molecule has 2 aromatic rings. The van der Waals surface area contributed by atoms with E-state index in [1.165, 1.54) is 13.2 Å². The van der Waals surface area contributed by atoms with E-state index in [-0.39, 0.29) is 35.9 Å². The Morgan fingerprint density at radius 2 is 1.69 bits per heavy atom. The number of allylic oxidation sites excluding steroid dienone is 3. The van der Waals surface area contributed by atoms with Crippen LogP contribution in [0.25, 0.3) is 0 Å². The number of para-hydroxylation sites is 1. The molecule has 0 saturated carbocycles. The molecule has 0 unspecified atom stereocenters. The molecule has 0 bridgehead atoms. The predicted octanol–water partition coefficient (Wildman–Crippen LogP) is 4.12. The van der Waals surface area contributed by atoms with E-state index in [9.17, 15) is 19.5 Å². The molecule has 4 rings (SSSR count). The standard InChI is InChI=1S/C30H33NO8/c1-6-38-29(34)24-16(3)31-20-15-19(18-10-8-9-11-22(18)36-4)26(30(35)39-7-2)28(33)27(20)25(24)17-12-13-21(32)23(14-17)37-5/h8-14,19,25-26,31-32H,6-7,15H2,1-5H3/t19-,25+,26+/m0/s1. The van der Waals surface area contributed by atoms with Crippen LogP contribution in [0.4, 0.5) is 0 Å². The van der Waals surface area contributed by atoms with Crippen LogP contribution in [0.1, 0.15) is 50.2 Å². The number of carbonyl (C=O) groups excluding carboxylic acids is 3. The van der Waals surface area contributed by atoms with Crippen molar-refractivity contribution in [1.29, 1.82) is 0 Å². The van der Waals surface area contributed by atoms with Crippen LogP contribution in [0.2, 0.25) is 0 Å². The number of methoxy groups -OCH3 is 2. The molecule has 0 spiro atoms. The number of benzene rings is 2. The van der Waals surface area contributed by atoms with Crippen molar-refractivity contribution in [3.8, 4) is 17.2 Å². The molecule has 3 atom stereocenters. The summed E-state index contributed by atoms with van der Waals surface area (Å²) in [5, 5.41) is 13.5. The first-order valence-electron chi connectivity index (χ1n) is 12.9. The Labute approximate surface area is 227 Å². The maximum Gasteiger partial charge on any atom is 0.336 e. The minimum atomic E-state index is -1.16. The van der Waals surface area contributed by atoms with Gasteiger partial charge in [0.15, 0.2) is 17.3 Å². The van der Waals surface area contributed by atoms with Crippen molar-refractivity contribution in [2.75, 3.05) is 27.4 Å². The normalized spacial score (nSPS) is 20.6. The minimum absolute atomic E-state index is 0.0848. The molecule has 0 amide bonds. The van der Waals surface area contributed by atoms with Crippen LogP contribution in [0.5, 0.6) is 17.2 Å². The minimum Gasteiger partial charge on any atom is -0.504 e. The van der Waals surface area contributed by atoms with Crippen molar-refractivity contribution < 1.29 is 38.4 Å². The highest BCUT2D eigenvalue weighted by Crippen LogP contribution is 2.50. The molecule has 2 N–H and O–H groups in total. The largest absolute Gasteiger partial charge is 0.504 e. The highest BCUT2D eigenvalue weighted by atomic mass is 16.5. The summed E-state index contributed by atoms with van der Waals surface area (Å²) in [6.07, 6.45) is 0.296. The fraction of sp³-hybridized carbons (Fsp3) is 0.367. The number of rotatable bonds is 8. The molecule has 1 aliphatic heterocycles. The summed E-state index contributed by atoms with van der Waals surface area (Å²) in [5.74, 6) is -3.61. The summed E-state index contributed by atoms with van der Waals surface area (Å²) >= 11 is 0. The van der Waals surface area contributed by atoms with E-state index in [2.05, 4.69) is 5.32 Å². The van der Waals surface area contributed by atoms with E-state index in [1.54, 1.807) is 46.1 Å². The Morgan fingerprint density at radius 1 is 1.00 bits per heavy atom. The van der Waals surface area contributed by atoms with Gasteiger partial charge in [0, 0.05) is 28.8 Å². The molecule has 1 heterocycles. The van der Waals surface area contributed by atoms with Crippen LogP contribution < -0.4 is 14.8 Å². The van der Waals surface area contributed by atoms with Gasteiger partial charge in [-0.25, -0.2) is 4.79 Å². The summed E-state index contributed by atoms with van der Waals surface area (Å²) in [4.78, 5) is 41.0. The zero-order valence-electron chi connectivity index (χ0n) is 22.7. The van der Waals surface area contributed by atoms with Gasteiger partial charge in [-0.1, -0.05) is 24.3 Å². The molecule has 1 aliphatic carbocycles. The maximum absolute atomic E-state index is 14.4. The fourth-order valence-electron chi connectivity index (χ4n) is 5.49. The van der Waals surface area contributed by atoms with Crippen molar-refractivity contribution >= 4 is 17.7 Å². The lowest BCUT2D eigenvalue weighted by atomic mass is 9.67. The molecule has 2 aliphatic rings. The number of esters is 2. The van der Waals surface area contributed by atoms with Crippen molar-refractivity contribution in [2.24, 2.45) is 5.92 Å². The maximum atomic E-state index is 14.4. The molecule has 0 fully saturated rings. The van der Waals surface area contributed by atoms with Crippen molar-refractivity contribution in [3.05, 3.63) is 76.1 Å². The number of nitrogens with one attached hydrogen (secondary N) is 1. The van der Waals surface area contributed by atoms with E-state index in [0.717, 1.165) is 0 Å². The molecule has 206 valence electrons. The molecule has 0 aromatic heterocycles. The third kappa shape index (κ3) is 5.08. The Hall–Kier alpha value is -4.27. The first kappa shape index (κ1) is 27.8. The van der Waals surface area contributed by atoms with Gasteiger partial charge in [0.05, 0.1) is 33.0 Å². The summed E-state index contributed by atoms with van der Waals surface area (Å²) in [6.45, 7) is 5.39. The second-order valence-electron chi connectivity index (χ2n) is 9.29. The zero-order valence-corrected chi connectivity index (χ0v) is 22.7. The molecule has 0 radical (unpaired) electrons. The first-order chi connectivity index (χ1) is 18.8. The van der Waals surface area contributed by atoms with Gasteiger partial charge >= 0.3 is 11.9 Å². The first-order valence-corrected chi connectivity index (χ1v) is 12.9. The van der Waals surface area contributed by atoms with Crippen molar-refractivity contribution in [3.63, 3.8) is 0 Å². The second kappa shape index (κ2) is 11.6. The van der Waals surface area contributed by atoms with E-state index in [0.29, 0.717) is 34.7 Å². The number of phenols is 1. The van der Waals surface area contributed by atoms with Crippen LogP contribution in [-0.4, -0.2) is 50.3 Å². The van der Waals surface area contributed by atoms with Gasteiger partial charge < -0.3 is 29.4 Å². The molecular weight excluding hydrogens is 502 g/mol. The van der Waals surface area contributed by atoms with Crippen molar-refractivity contribution in [1.82, 2.24) is 5.32 Å². The lowest BCUT2D eigenvalue weighted by Crippen LogP contribution is -2.43. The van der Waals surface area contributed by atoms with Crippen molar-refractivity contribution in [2.45, 2.75) is 39.0 Å². The van der Waals surface area contributed by atoms with Gasteiger partial charge in [-0.05, 0) is 56.5 Å². The second-order valence-corrected chi connectivity index (χ2v) is 9.29.